The fraction of sp³-hybridized carbons (Fsp3) is 0.385. The summed E-state index contributed by atoms with van der Waals surface area (Å²) in [6, 6.07) is 7.36. The summed E-state index contributed by atoms with van der Waals surface area (Å²) >= 11 is 1.59. The molecule has 0 aliphatic carbocycles. The van der Waals surface area contributed by atoms with Crippen molar-refractivity contribution in [1.29, 1.82) is 0 Å². The molecule has 0 radical (unpaired) electrons. The summed E-state index contributed by atoms with van der Waals surface area (Å²) in [6.45, 7) is 3.57. The highest BCUT2D eigenvalue weighted by molar-refractivity contribution is 8.00. The molecule has 0 saturated carbocycles. The first-order valence-corrected chi connectivity index (χ1v) is 6.49. The number of benzene rings is 1. The third-order valence-electron chi connectivity index (χ3n) is 2.71. The van der Waals surface area contributed by atoms with Gasteiger partial charge in [-0.2, -0.15) is 0 Å². The van der Waals surface area contributed by atoms with E-state index >= 15 is 0 Å². The van der Waals surface area contributed by atoms with Crippen molar-refractivity contribution in [2.75, 3.05) is 11.4 Å². The maximum Gasteiger partial charge on any atom is 0.228 e. The zero-order valence-electron chi connectivity index (χ0n) is 10.3. The summed E-state index contributed by atoms with van der Waals surface area (Å²) in [7, 11) is 0. The number of carbonyl (C=O) groups is 2. The van der Waals surface area contributed by atoms with Gasteiger partial charge in [-0.25, -0.2) is 0 Å². The molecular weight excluding hydrogens is 250 g/mol. The Hall–Kier alpha value is -1.49. The first-order chi connectivity index (χ1) is 8.39. The van der Waals surface area contributed by atoms with Crippen LogP contribution < -0.4 is 10.0 Å². The molecule has 0 aromatic heterocycles. The Kier molecular flexibility index (Phi) is 3.34. The number of anilines is 1. The second-order valence-electron chi connectivity index (χ2n) is 4.86. The van der Waals surface area contributed by atoms with Crippen LogP contribution in [-0.4, -0.2) is 23.2 Å². The number of carbonyl (C=O) groups excluding carboxylic acids is 2. The third-order valence-corrected chi connectivity index (χ3v) is 3.97. The van der Waals surface area contributed by atoms with Crippen molar-refractivity contribution in [3.63, 3.8) is 0 Å². The molecule has 2 rings (SSSR count). The molecule has 1 aromatic rings. The average Bonchev–Trinajstić information content (AvgIpc) is 2.33. The quantitative estimate of drug-likeness (QED) is 0.801. The van der Waals surface area contributed by atoms with Crippen molar-refractivity contribution in [1.82, 2.24) is 0 Å². The summed E-state index contributed by atoms with van der Waals surface area (Å²) in [5.74, 6) is -1.43. The molecule has 0 fully saturated rings. The number of para-hydroxylation sites is 1. The van der Waals surface area contributed by atoms with Crippen LogP contribution >= 0.6 is 11.8 Å². The molecule has 1 aromatic carbocycles. The van der Waals surface area contributed by atoms with Gasteiger partial charge in [-0.15, -0.1) is 11.8 Å². The van der Waals surface area contributed by atoms with E-state index < -0.39 is 12.5 Å². The normalized spacial score (nSPS) is 18.1. The van der Waals surface area contributed by atoms with Gasteiger partial charge in [0.2, 0.25) is 5.91 Å². The maximum atomic E-state index is 12.1. The number of rotatable bonds is 2. The number of fused-ring (bicyclic) bond motifs is 1. The predicted molar refractivity (Wildman–Crippen MR) is 68.4 cm³/mol. The molecular formula is C13H14NO3S-. The van der Waals surface area contributed by atoms with Crippen molar-refractivity contribution in [3.8, 4) is 0 Å². The Morgan fingerprint density at radius 1 is 1.44 bits per heavy atom. The summed E-state index contributed by atoms with van der Waals surface area (Å²) < 4.78 is -0.242. The number of thioether (sulfide) groups is 1. The van der Waals surface area contributed by atoms with Gasteiger partial charge in [0.1, 0.15) is 0 Å². The Morgan fingerprint density at radius 3 is 2.78 bits per heavy atom. The highest BCUT2D eigenvalue weighted by Crippen LogP contribution is 2.43. The molecule has 0 atom stereocenters. The lowest BCUT2D eigenvalue weighted by atomic mass is 10.1. The number of nitrogens with zero attached hydrogens (tertiary/aromatic N) is 1. The summed E-state index contributed by atoms with van der Waals surface area (Å²) in [5, 5.41) is 10.8. The molecule has 0 bridgehead atoms. The maximum absolute atomic E-state index is 12.1. The topological polar surface area (TPSA) is 60.4 Å². The zero-order valence-corrected chi connectivity index (χ0v) is 11.1. The molecule has 18 heavy (non-hydrogen) atoms. The molecule has 5 heteroatoms. The van der Waals surface area contributed by atoms with Crippen molar-refractivity contribution in [3.05, 3.63) is 24.3 Å². The first-order valence-electron chi connectivity index (χ1n) is 5.67. The second kappa shape index (κ2) is 4.65. The van der Waals surface area contributed by atoms with Crippen LogP contribution in [0.15, 0.2) is 29.2 Å². The molecule has 0 saturated heterocycles. The molecule has 96 valence electrons. The van der Waals surface area contributed by atoms with Crippen LogP contribution in [0, 0.1) is 0 Å². The Morgan fingerprint density at radius 2 is 2.11 bits per heavy atom. The van der Waals surface area contributed by atoms with Gasteiger partial charge in [0, 0.05) is 16.1 Å². The second-order valence-corrected chi connectivity index (χ2v) is 6.61. The van der Waals surface area contributed by atoms with Crippen LogP contribution in [0.25, 0.3) is 0 Å². The van der Waals surface area contributed by atoms with E-state index in [0.717, 1.165) is 4.90 Å². The standard InChI is InChI=1S/C13H15NO3S/c1-13(2)7-11(15)14(8-12(16)17)9-5-3-4-6-10(9)18-13/h3-6H,7-8H2,1-2H3,(H,16,17)/p-1. The van der Waals surface area contributed by atoms with Crippen molar-refractivity contribution >= 4 is 29.3 Å². The van der Waals surface area contributed by atoms with Crippen molar-refractivity contribution in [2.24, 2.45) is 0 Å². The lowest BCUT2D eigenvalue weighted by Crippen LogP contribution is -2.42. The van der Waals surface area contributed by atoms with Gasteiger partial charge in [-0.05, 0) is 26.0 Å². The zero-order chi connectivity index (χ0) is 13.3. The van der Waals surface area contributed by atoms with Crippen LogP contribution in [0.2, 0.25) is 0 Å². The van der Waals surface area contributed by atoms with Gasteiger partial charge in [0.15, 0.2) is 0 Å². The van der Waals surface area contributed by atoms with Crippen LogP contribution in [-0.2, 0) is 9.59 Å². The molecule has 4 nitrogen and oxygen atoms in total. The number of amides is 1. The monoisotopic (exact) mass is 264 g/mol. The third kappa shape index (κ3) is 2.67. The average molecular weight is 264 g/mol. The molecule has 0 unspecified atom stereocenters. The van der Waals surface area contributed by atoms with Crippen LogP contribution in [0.1, 0.15) is 20.3 Å². The van der Waals surface area contributed by atoms with Crippen molar-refractivity contribution < 1.29 is 14.7 Å². The SMILES string of the molecule is CC1(C)CC(=O)N(CC(=O)[O-])c2ccccc2S1. The largest absolute Gasteiger partial charge is 0.548 e. The number of aliphatic carboxylic acids is 1. The molecule has 1 aliphatic heterocycles. The van der Waals surface area contributed by atoms with Crippen LogP contribution in [0.3, 0.4) is 0 Å². The summed E-state index contributed by atoms with van der Waals surface area (Å²) in [4.78, 5) is 25.2. The number of carboxylic acids is 1. The highest BCUT2D eigenvalue weighted by atomic mass is 32.2. The fourth-order valence-corrected chi connectivity index (χ4v) is 3.22. The Balaban J connectivity index is 2.47. The minimum atomic E-state index is -1.25. The van der Waals surface area contributed by atoms with E-state index in [1.165, 1.54) is 4.90 Å². The fourth-order valence-electron chi connectivity index (χ4n) is 2.00. The Bertz CT molecular complexity index is 499. The predicted octanol–water partition coefficient (Wildman–Crippen LogP) is 1.04. The van der Waals surface area contributed by atoms with Gasteiger partial charge in [-0.3, -0.25) is 4.79 Å². The van der Waals surface area contributed by atoms with Gasteiger partial charge in [0.05, 0.1) is 18.2 Å². The Labute approximate surface area is 110 Å². The molecule has 0 spiro atoms. The van der Waals surface area contributed by atoms with E-state index in [2.05, 4.69) is 0 Å². The van der Waals surface area contributed by atoms with E-state index in [1.54, 1.807) is 23.9 Å². The van der Waals surface area contributed by atoms with E-state index in [-0.39, 0.29) is 10.7 Å². The summed E-state index contributed by atoms with van der Waals surface area (Å²) in [5.41, 5.74) is 0.655. The van der Waals surface area contributed by atoms with Gasteiger partial charge in [-0.1, -0.05) is 12.1 Å². The smallest absolute Gasteiger partial charge is 0.228 e. The van der Waals surface area contributed by atoms with Crippen LogP contribution in [0.4, 0.5) is 5.69 Å². The van der Waals surface area contributed by atoms with Crippen molar-refractivity contribution in [2.45, 2.75) is 29.9 Å². The minimum Gasteiger partial charge on any atom is -0.548 e. The highest BCUT2D eigenvalue weighted by Gasteiger charge is 2.32. The van der Waals surface area contributed by atoms with Gasteiger partial charge < -0.3 is 14.8 Å². The number of carboxylic acid groups (broad SMARTS) is 1. The van der Waals surface area contributed by atoms with Gasteiger partial charge in [0.25, 0.3) is 0 Å². The van der Waals surface area contributed by atoms with Crippen LogP contribution in [0.5, 0.6) is 0 Å². The van der Waals surface area contributed by atoms with E-state index in [9.17, 15) is 14.7 Å². The summed E-state index contributed by atoms with van der Waals surface area (Å²) in [6.07, 6.45) is 0.305. The van der Waals surface area contributed by atoms with E-state index in [1.807, 2.05) is 26.0 Å². The molecule has 1 aliphatic rings. The number of hydrogen-bond acceptors (Lipinski definition) is 4. The first kappa shape index (κ1) is 13.0. The van der Waals surface area contributed by atoms with Gasteiger partial charge >= 0.3 is 0 Å². The lowest BCUT2D eigenvalue weighted by molar-refractivity contribution is -0.303. The number of hydrogen-bond donors (Lipinski definition) is 0. The lowest BCUT2D eigenvalue weighted by Gasteiger charge is -2.23. The molecule has 1 amide bonds. The van der Waals surface area contributed by atoms with E-state index in [4.69, 9.17) is 0 Å². The van der Waals surface area contributed by atoms with E-state index in [0.29, 0.717) is 12.1 Å². The molecule has 0 N–H and O–H groups in total. The minimum absolute atomic E-state index is 0.179. The molecule has 1 heterocycles.